The summed E-state index contributed by atoms with van der Waals surface area (Å²) in [6.07, 6.45) is 0.669. The Morgan fingerprint density at radius 2 is 1.44 bits per heavy atom. The van der Waals surface area contributed by atoms with Crippen molar-refractivity contribution in [3.63, 3.8) is 0 Å². The van der Waals surface area contributed by atoms with E-state index in [4.69, 9.17) is 0 Å². The number of hydrogen-bond donors (Lipinski definition) is 0. The van der Waals surface area contributed by atoms with Crippen molar-refractivity contribution in [2.45, 2.75) is 13.0 Å². The maximum absolute atomic E-state index is 14.5. The van der Waals surface area contributed by atoms with Crippen LogP contribution in [0.2, 0.25) is 0 Å². The first-order valence-corrected chi connectivity index (χ1v) is 10.1. The van der Waals surface area contributed by atoms with Gasteiger partial charge in [-0.05, 0) is 47.4 Å². The van der Waals surface area contributed by atoms with Gasteiger partial charge < -0.3 is 4.90 Å². The molecule has 0 fully saturated rings. The molecule has 0 saturated heterocycles. The molecule has 0 radical (unpaired) electrons. The molecule has 0 aliphatic carbocycles. The average Bonchev–Trinajstić information content (AvgIpc) is 3.04. The molecule has 3 aromatic rings. The van der Waals surface area contributed by atoms with Crippen LogP contribution in [0, 0.1) is 17.5 Å². The van der Waals surface area contributed by atoms with Crippen molar-refractivity contribution >= 4 is 23.1 Å². The van der Waals surface area contributed by atoms with E-state index >= 15 is 0 Å². The molecule has 2 aliphatic heterocycles. The van der Waals surface area contributed by atoms with E-state index in [1.807, 2.05) is 24.3 Å². The van der Waals surface area contributed by atoms with Gasteiger partial charge >= 0.3 is 0 Å². The Labute approximate surface area is 182 Å². The number of fused-ring (bicyclic) bond motifs is 1. The van der Waals surface area contributed by atoms with E-state index in [9.17, 15) is 22.8 Å². The van der Waals surface area contributed by atoms with E-state index in [-0.39, 0.29) is 17.0 Å². The number of imide groups is 1. The number of carbonyl (C=O) groups excluding carboxylic acids is 2. The van der Waals surface area contributed by atoms with Gasteiger partial charge in [0.2, 0.25) is 0 Å². The zero-order valence-electron chi connectivity index (χ0n) is 16.8. The van der Waals surface area contributed by atoms with E-state index in [1.165, 1.54) is 24.3 Å². The normalized spacial score (nSPS) is 16.1. The molecular formula is C25H17F3N2O2. The predicted molar refractivity (Wildman–Crippen MR) is 113 cm³/mol. The van der Waals surface area contributed by atoms with E-state index in [1.54, 1.807) is 4.90 Å². The first-order valence-electron chi connectivity index (χ1n) is 10.1. The lowest BCUT2D eigenvalue weighted by molar-refractivity contribution is -0.120. The van der Waals surface area contributed by atoms with Gasteiger partial charge in [-0.15, -0.1) is 0 Å². The third kappa shape index (κ3) is 3.26. The van der Waals surface area contributed by atoms with Gasteiger partial charge in [-0.3, -0.25) is 9.59 Å². The third-order valence-corrected chi connectivity index (χ3v) is 5.79. The summed E-state index contributed by atoms with van der Waals surface area (Å²) in [5, 5.41) is 0. The molecule has 0 atom stereocenters. The summed E-state index contributed by atoms with van der Waals surface area (Å²) in [4.78, 5) is 29.4. The maximum atomic E-state index is 14.5. The SMILES string of the molecule is O=C1C(c2ccc(F)cc2)=C(N2CCc3ccccc3C2)C(=O)N1c1ccc(F)cc1F. The lowest BCUT2D eigenvalue weighted by atomic mass is 9.98. The first kappa shape index (κ1) is 20.1. The summed E-state index contributed by atoms with van der Waals surface area (Å²) in [5.74, 6) is -3.75. The van der Waals surface area contributed by atoms with Gasteiger partial charge in [0.25, 0.3) is 11.8 Å². The Balaban J connectivity index is 1.63. The quantitative estimate of drug-likeness (QED) is 0.572. The number of amides is 2. The monoisotopic (exact) mass is 434 g/mol. The minimum absolute atomic E-state index is 0.0677. The zero-order chi connectivity index (χ0) is 22.4. The van der Waals surface area contributed by atoms with Crippen LogP contribution in [-0.2, 0) is 22.6 Å². The Bertz CT molecular complexity index is 1280. The van der Waals surface area contributed by atoms with Gasteiger partial charge in [-0.1, -0.05) is 36.4 Å². The van der Waals surface area contributed by atoms with E-state index in [0.717, 1.165) is 28.2 Å². The smallest absolute Gasteiger partial charge is 0.282 e. The second-order valence-corrected chi connectivity index (χ2v) is 7.71. The number of halogens is 3. The molecule has 7 heteroatoms. The molecule has 2 heterocycles. The van der Waals surface area contributed by atoms with Crippen molar-refractivity contribution in [3.05, 3.63) is 107 Å². The zero-order valence-corrected chi connectivity index (χ0v) is 16.8. The molecule has 4 nitrogen and oxygen atoms in total. The molecular weight excluding hydrogens is 417 g/mol. The molecule has 0 spiro atoms. The van der Waals surface area contributed by atoms with Gasteiger partial charge in [-0.25, -0.2) is 18.1 Å². The molecule has 0 saturated carbocycles. The van der Waals surface area contributed by atoms with Crippen LogP contribution in [0.5, 0.6) is 0 Å². The van der Waals surface area contributed by atoms with Crippen LogP contribution in [0.1, 0.15) is 16.7 Å². The van der Waals surface area contributed by atoms with Crippen molar-refractivity contribution in [2.75, 3.05) is 11.4 Å². The van der Waals surface area contributed by atoms with E-state index in [2.05, 4.69) is 0 Å². The summed E-state index contributed by atoms with van der Waals surface area (Å²) >= 11 is 0. The predicted octanol–water partition coefficient (Wildman–Crippen LogP) is 4.45. The minimum Gasteiger partial charge on any atom is -0.362 e. The number of rotatable bonds is 3. The molecule has 0 unspecified atom stereocenters. The highest BCUT2D eigenvalue weighted by Crippen LogP contribution is 2.37. The Hall–Kier alpha value is -3.87. The van der Waals surface area contributed by atoms with Crippen molar-refractivity contribution in [2.24, 2.45) is 0 Å². The highest BCUT2D eigenvalue weighted by Gasteiger charge is 2.44. The molecule has 0 N–H and O–H groups in total. The van der Waals surface area contributed by atoms with Crippen LogP contribution < -0.4 is 4.90 Å². The molecule has 5 rings (SSSR count). The molecule has 2 aliphatic rings. The van der Waals surface area contributed by atoms with Crippen molar-refractivity contribution in [1.29, 1.82) is 0 Å². The topological polar surface area (TPSA) is 40.6 Å². The van der Waals surface area contributed by atoms with Crippen molar-refractivity contribution in [3.8, 4) is 0 Å². The average molecular weight is 434 g/mol. The lowest BCUT2D eigenvalue weighted by Gasteiger charge is -2.31. The fourth-order valence-corrected chi connectivity index (χ4v) is 4.26. The molecule has 0 bridgehead atoms. The summed E-state index contributed by atoms with van der Waals surface area (Å²) < 4.78 is 41.5. The standard InChI is InChI=1S/C25H17F3N2O2/c26-18-7-5-16(6-8-18)22-23(29-12-11-15-3-1-2-4-17(15)14-29)25(32)30(24(22)31)21-10-9-19(27)13-20(21)28/h1-10,13H,11-12,14H2. The van der Waals surface area contributed by atoms with Crippen LogP contribution in [0.15, 0.2) is 72.4 Å². The summed E-state index contributed by atoms with van der Waals surface area (Å²) in [5.41, 5.74) is 2.40. The number of benzene rings is 3. The van der Waals surface area contributed by atoms with Gasteiger partial charge in [0.05, 0.1) is 11.3 Å². The molecule has 32 heavy (non-hydrogen) atoms. The lowest BCUT2D eigenvalue weighted by Crippen LogP contribution is -2.37. The van der Waals surface area contributed by atoms with Gasteiger partial charge in [0.1, 0.15) is 23.1 Å². The third-order valence-electron chi connectivity index (χ3n) is 5.79. The highest BCUT2D eigenvalue weighted by atomic mass is 19.1. The van der Waals surface area contributed by atoms with Gasteiger partial charge in [0.15, 0.2) is 0 Å². The number of anilines is 1. The van der Waals surface area contributed by atoms with Gasteiger partial charge in [0, 0.05) is 19.2 Å². The number of hydrogen-bond acceptors (Lipinski definition) is 3. The van der Waals surface area contributed by atoms with Crippen LogP contribution >= 0.6 is 0 Å². The molecule has 0 aromatic heterocycles. The fourth-order valence-electron chi connectivity index (χ4n) is 4.26. The van der Waals surface area contributed by atoms with Crippen LogP contribution in [0.4, 0.5) is 18.9 Å². The van der Waals surface area contributed by atoms with E-state index < -0.39 is 29.3 Å². The van der Waals surface area contributed by atoms with Crippen LogP contribution in [0.25, 0.3) is 5.57 Å². The first-order chi connectivity index (χ1) is 15.4. The second-order valence-electron chi connectivity index (χ2n) is 7.71. The molecule has 2 amide bonds. The Kier molecular flexibility index (Phi) is 4.81. The fraction of sp³-hybridized carbons (Fsp3) is 0.120. The summed E-state index contributed by atoms with van der Waals surface area (Å²) in [6, 6.07) is 15.7. The maximum Gasteiger partial charge on any atom is 0.282 e. The second kappa shape index (κ2) is 7.67. The van der Waals surface area contributed by atoms with Gasteiger partial charge in [-0.2, -0.15) is 0 Å². The highest BCUT2D eigenvalue weighted by molar-refractivity contribution is 6.45. The summed E-state index contributed by atoms with van der Waals surface area (Å²) in [7, 11) is 0. The summed E-state index contributed by atoms with van der Waals surface area (Å²) in [6.45, 7) is 0.880. The minimum atomic E-state index is -1.02. The largest absolute Gasteiger partial charge is 0.362 e. The van der Waals surface area contributed by atoms with Crippen molar-refractivity contribution in [1.82, 2.24) is 4.90 Å². The van der Waals surface area contributed by atoms with Crippen LogP contribution in [0.3, 0.4) is 0 Å². The number of carbonyl (C=O) groups is 2. The van der Waals surface area contributed by atoms with Crippen LogP contribution in [-0.4, -0.2) is 23.3 Å². The molecule has 3 aromatic carbocycles. The Morgan fingerprint density at radius 3 is 2.16 bits per heavy atom. The molecule has 160 valence electrons. The number of nitrogens with zero attached hydrogens (tertiary/aromatic N) is 2. The van der Waals surface area contributed by atoms with E-state index in [0.29, 0.717) is 31.1 Å². The van der Waals surface area contributed by atoms with Crippen molar-refractivity contribution < 1.29 is 22.8 Å². The Morgan fingerprint density at radius 1 is 0.750 bits per heavy atom.